The standard InChI is InChI=1S/BrH.Fe.6H2O/h1H;;6*1H2/q;+1;;;;;;/p-1. The second kappa shape index (κ2) is 615. The summed E-state index contributed by atoms with van der Waals surface area (Å²) in [6.07, 6.45) is 0. The molecule has 12 N–H and O–H groups in total. The molecule has 0 fully saturated rings. The van der Waals surface area contributed by atoms with E-state index < -0.39 is 0 Å². The first-order valence-corrected chi connectivity index (χ1v) is 2.86. The van der Waals surface area contributed by atoms with Crippen LogP contribution in [0.15, 0.2) is 0 Å². The predicted octanol–water partition coefficient (Wildman–Crippen LogP) is -4.11. The monoisotopic (exact) mass is 243 g/mol. The van der Waals surface area contributed by atoms with Crippen LogP contribution in [-0.2, 0) is 14.2 Å². The van der Waals surface area contributed by atoms with Crippen LogP contribution in [0.25, 0.3) is 0 Å². The molecule has 0 aliphatic rings. The Kier molecular flexibility index (Phi) is 13100. The van der Waals surface area contributed by atoms with E-state index in [1.54, 1.807) is 0 Å². The van der Waals surface area contributed by atoms with Crippen molar-refractivity contribution in [2.75, 3.05) is 0 Å². The van der Waals surface area contributed by atoms with Crippen molar-refractivity contribution in [2.45, 2.75) is 0 Å². The Bertz CT molecular complexity index is 8.49. The molecule has 0 unspecified atom stereocenters. The van der Waals surface area contributed by atoms with Crippen LogP contribution in [0.4, 0.5) is 0 Å². The van der Waals surface area contributed by atoms with Gasteiger partial charge in [-0.3, -0.25) is 0 Å². The van der Waals surface area contributed by atoms with Crippen molar-refractivity contribution in [3.05, 3.63) is 0 Å². The van der Waals surface area contributed by atoms with Crippen molar-refractivity contribution in [3.63, 3.8) is 0 Å². The summed E-state index contributed by atoms with van der Waals surface area (Å²) in [5.74, 6) is 0. The van der Waals surface area contributed by atoms with Gasteiger partial charge in [-0.05, 0) is 0 Å². The number of halogens is 1. The van der Waals surface area contributed by atoms with Gasteiger partial charge < -0.3 is 32.9 Å². The SMILES string of the molecule is O.O.O.O.O.O.[Fe][Br]. The Labute approximate surface area is 61.6 Å². The van der Waals surface area contributed by atoms with E-state index in [0.717, 1.165) is 0 Å². The third-order valence-corrected chi connectivity index (χ3v) is 0. The molecule has 0 spiro atoms. The Morgan fingerprint density at radius 3 is 0.500 bits per heavy atom. The van der Waals surface area contributed by atoms with E-state index in [9.17, 15) is 0 Å². The third kappa shape index (κ3) is 389. The molecule has 0 heterocycles. The van der Waals surface area contributed by atoms with Crippen LogP contribution in [0.2, 0.25) is 0 Å². The molecule has 0 rings (SSSR count). The average molecular weight is 244 g/mol. The minimum absolute atomic E-state index is 0. The normalized spacial score (nSPS) is 0.750. The van der Waals surface area contributed by atoms with E-state index in [1.807, 2.05) is 0 Å². The number of rotatable bonds is 0. The summed E-state index contributed by atoms with van der Waals surface area (Å²) in [5.41, 5.74) is 0. The van der Waals surface area contributed by atoms with Gasteiger partial charge in [-0.25, -0.2) is 0 Å². The fraction of sp³-hybridized carbons (Fsp3) is 0. The maximum absolute atomic E-state index is 3.06. The molecule has 6 nitrogen and oxygen atoms in total. The van der Waals surface area contributed by atoms with E-state index >= 15 is 0 Å². The van der Waals surface area contributed by atoms with Gasteiger partial charge in [0, 0.05) is 0 Å². The van der Waals surface area contributed by atoms with Crippen molar-refractivity contribution in [1.29, 1.82) is 0 Å². The quantitative estimate of drug-likeness (QED) is 0.374. The summed E-state index contributed by atoms with van der Waals surface area (Å²) in [6.45, 7) is 0. The van der Waals surface area contributed by atoms with Gasteiger partial charge >= 0.3 is 28.3 Å². The van der Waals surface area contributed by atoms with Crippen molar-refractivity contribution < 1.29 is 47.1 Å². The molecule has 0 aromatic heterocycles. The van der Waals surface area contributed by atoms with Crippen LogP contribution >= 0.6 is 14.1 Å². The fourth-order valence-corrected chi connectivity index (χ4v) is 0. The van der Waals surface area contributed by atoms with Crippen LogP contribution in [-0.4, -0.2) is 32.9 Å². The zero-order chi connectivity index (χ0) is 2.00. The predicted molar refractivity (Wildman–Crippen MR) is 30.6 cm³/mol. The first kappa shape index (κ1) is 170. The number of hydrogen-bond donors (Lipinski definition) is 0. The minimum atomic E-state index is 0. The first-order chi connectivity index (χ1) is 1.00. The van der Waals surface area contributed by atoms with Crippen LogP contribution in [0.1, 0.15) is 0 Å². The molecule has 0 saturated heterocycles. The zero-order valence-electron chi connectivity index (χ0n) is 3.73. The van der Waals surface area contributed by atoms with Crippen molar-refractivity contribution in [2.24, 2.45) is 0 Å². The summed E-state index contributed by atoms with van der Waals surface area (Å²) in [7, 11) is 0. The zero-order valence-corrected chi connectivity index (χ0v) is 6.42. The van der Waals surface area contributed by atoms with Crippen LogP contribution in [0.5, 0.6) is 0 Å². The molecule has 0 aromatic rings. The molecule has 63 valence electrons. The van der Waals surface area contributed by atoms with E-state index in [4.69, 9.17) is 0 Å². The molecular formula is H12BrFeO6. The van der Waals surface area contributed by atoms with Gasteiger partial charge in [-0.15, -0.1) is 0 Å². The first-order valence-electron chi connectivity index (χ1n) is 0.134. The van der Waals surface area contributed by atoms with Crippen LogP contribution in [0.3, 0.4) is 0 Å². The van der Waals surface area contributed by atoms with Gasteiger partial charge in [0.15, 0.2) is 0 Å². The molecule has 0 aliphatic carbocycles. The molecule has 0 aromatic carbocycles. The molecule has 0 radical (unpaired) electrons. The Morgan fingerprint density at radius 2 is 0.500 bits per heavy atom. The summed E-state index contributed by atoms with van der Waals surface area (Å²) in [6, 6.07) is 0. The summed E-state index contributed by atoms with van der Waals surface area (Å²) in [5, 5.41) is 0. The van der Waals surface area contributed by atoms with Crippen molar-refractivity contribution in [3.8, 4) is 0 Å². The molecule has 0 bridgehead atoms. The van der Waals surface area contributed by atoms with Gasteiger partial charge in [0.05, 0.1) is 0 Å². The van der Waals surface area contributed by atoms with E-state index in [-0.39, 0.29) is 32.9 Å². The molecule has 0 amide bonds. The molecule has 0 atom stereocenters. The third-order valence-electron chi connectivity index (χ3n) is 0. The van der Waals surface area contributed by atoms with E-state index in [0.29, 0.717) is 0 Å². The van der Waals surface area contributed by atoms with Crippen molar-refractivity contribution >= 4 is 14.1 Å². The molecular weight excluding hydrogens is 232 g/mol. The van der Waals surface area contributed by atoms with Gasteiger partial charge in [-0.1, -0.05) is 0 Å². The summed E-state index contributed by atoms with van der Waals surface area (Å²) < 4.78 is 0. The van der Waals surface area contributed by atoms with Gasteiger partial charge in [0.1, 0.15) is 0 Å². The average Bonchev–Trinajstić information content (AvgIpc) is 1.00. The second-order valence-electron chi connectivity index (χ2n) is 0. The number of hydrogen-bond acceptors (Lipinski definition) is 0. The van der Waals surface area contributed by atoms with E-state index in [2.05, 4.69) is 28.3 Å². The summed E-state index contributed by atoms with van der Waals surface area (Å²) >= 11 is 5.75. The van der Waals surface area contributed by atoms with Gasteiger partial charge in [0.25, 0.3) is 0 Å². The summed E-state index contributed by atoms with van der Waals surface area (Å²) in [4.78, 5) is 0. The maximum atomic E-state index is 3.06. The van der Waals surface area contributed by atoms with Crippen LogP contribution in [0, 0.1) is 0 Å². The fourth-order valence-electron chi connectivity index (χ4n) is 0. The van der Waals surface area contributed by atoms with E-state index in [1.165, 1.54) is 0 Å². The molecule has 8 heavy (non-hydrogen) atoms. The Hall–Kier alpha value is 0.759. The van der Waals surface area contributed by atoms with Crippen molar-refractivity contribution in [1.82, 2.24) is 0 Å². The Morgan fingerprint density at radius 1 is 0.500 bits per heavy atom. The second-order valence-corrected chi connectivity index (χ2v) is 0. The van der Waals surface area contributed by atoms with Gasteiger partial charge in [-0.2, -0.15) is 0 Å². The molecule has 0 saturated carbocycles. The topological polar surface area (TPSA) is 189 Å². The van der Waals surface area contributed by atoms with Crippen LogP contribution < -0.4 is 0 Å². The van der Waals surface area contributed by atoms with Gasteiger partial charge in [0.2, 0.25) is 0 Å². The Balaban J connectivity index is -0.000000000333. The molecule has 8 heteroatoms. The molecule has 0 aliphatic heterocycles.